The molecule has 0 bridgehead atoms. The van der Waals surface area contributed by atoms with E-state index in [-0.39, 0.29) is 0 Å². The highest BCUT2D eigenvalue weighted by Gasteiger charge is 2.05. The number of fused-ring (bicyclic) bond motifs is 2. The van der Waals surface area contributed by atoms with E-state index in [4.69, 9.17) is 0 Å². The van der Waals surface area contributed by atoms with Gasteiger partial charge < -0.3 is 10.3 Å². The second-order valence-corrected chi connectivity index (χ2v) is 6.25. The molecule has 0 aliphatic rings. The molecule has 0 amide bonds. The highest BCUT2D eigenvalue weighted by molar-refractivity contribution is 5.79. The molecule has 3 heterocycles. The van der Waals surface area contributed by atoms with Crippen molar-refractivity contribution in [1.82, 2.24) is 24.9 Å². The third-order valence-electron chi connectivity index (χ3n) is 4.42. The monoisotopic (exact) mass is 352 g/mol. The van der Waals surface area contributed by atoms with Crippen LogP contribution in [0, 0.1) is 0 Å². The molecule has 2 N–H and O–H groups in total. The lowest BCUT2D eigenvalue weighted by atomic mass is 10.1. The highest BCUT2D eigenvalue weighted by Crippen LogP contribution is 2.21. The van der Waals surface area contributed by atoms with Crippen LogP contribution in [-0.4, -0.2) is 24.9 Å². The van der Waals surface area contributed by atoms with Gasteiger partial charge in [-0.25, -0.2) is 15.0 Å². The first-order valence-electron chi connectivity index (χ1n) is 8.71. The van der Waals surface area contributed by atoms with Crippen molar-refractivity contribution in [2.24, 2.45) is 0 Å². The van der Waals surface area contributed by atoms with E-state index in [0.29, 0.717) is 12.2 Å². The number of H-pyrrole nitrogens is 1. The van der Waals surface area contributed by atoms with E-state index in [1.54, 1.807) is 12.4 Å². The molecule has 0 atom stereocenters. The summed E-state index contributed by atoms with van der Waals surface area (Å²) in [5.41, 5.74) is 5.68. The number of aromatic amines is 1. The average Bonchev–Trinajstić information content (AvgIpc) is 3.17. The molecule has 5 rings (SSSR count). The topological polar surface area (TPSA) is 79.4 Å². The molecule has 0 spiro atoms. The quantitative estimate of drug-likeness (QED) is 0.507. The van der Waals surface area contributed by atoms with Crippen LogP contribution < -0.4 is 5.32 Å². The van der Waals surface area contributed by atoms with E-state index in [0.717, 1.165) is 39.3 Å². The van der Waals surface area contributed by atoms with Gasteiger partial charge in [-0.2, -0.15) is 0 Å². The lowest BCUT2D eigenvalue weighted by Gasteiger charge is -2.07. The van der Waals surface area contributed by atoms with Crippen LogP contribution >= 0.6 is 0 Å². The number of aromatic nitrogens is 5. The fourth-order valence-electron chi connectivity index (χ4n) is 3.02. The Hall–Kier alpha value is -3.80. The summed E-state index contributed by atoms with van der Waals surface area (Å²) in [5, 5.41) is 3.33. The fraction of sp³-hybridized carbons (Fsp3) is 0.0476. The molecule has 0 aliphatic heterocycles. The van der Waals surface area contributed by atoms with Crippen molar-refractivity contribution in [2.75, 3.05) is 5.32 Å². The molecule has 0 aliphatic carbocycles. The maximum atomic E-state index is 4.64. The average molecular weight is 352 g/mol. The molecular weight excluding hydrogens is 336 g/mol. The van der Waals surface area contributed by atoms with Gasteiger partial charge >= 0.3 is 0 Å². The van der Waals surface area contributed by atoms with Crippen molar-refractivity contribution in [1.29, 1.82) is 0 Å². The van der Waals surface area contributed by atoms with Crippen molar-refractivity contribution in [3.05, 3.63) is 78.6 Å². The number of para-hydroxylation sites is 2. The minimum atomic E-state index is 0.641. The zero-order chi connectivity index (χ0) is 18.1. The van der Waals surface area contributed by atoms with Crippen molar-refractivity contribution < 1.29 is 0 Å². The normalized spacial score (nSPS) is 11.1. The van der Waals surface area contributed by atoms with Gasteiger partial charge in [-0.15, -0.1) is 0 Å². The maximum absolute atomic E-state index is 4.64. The van der Waals surface area contributed by atoms with Crippen LogP contribution in [0.5, 0.6) is 0 Å². The zero-order valence-electron chi connectivity index (χ0n) is 14.4. The first kappa shape index (κ1) is 15.5. The molecule has 27 heavy (non-hydrogen) atoms. The second-order valence-electron chi connectivity index (χ2n) is 6.25. The molecule has 6 nitrogen and oxygen atoms in total. The number of imidazole rings is 1. The Morgan fingerprint density at radius 3 is 2.52 bits per heavy atom. The predicted molar refractivity (Wildman–Crippen MR) is 106 cm³/mol. The largest absolute Gasteiger partial charge is 0.366 e. The van der Waals surface area contributed by atoms with Gasteiger partial charge in [-0.1, -0.05) is 36.4 Å². The smallest absolute Gasteiger partial charge is 0.180 e. The first-order valence-corrected chi connectivity index (χ1v) is 8.71. The van der Waals surface area contributed by atoms with E-state index in [9.17, 15) is 0 Å². The van der Waals surface area contributed by atoms with Crippen LogP contribution in [0.25, 0.3) is 33.6 Å². The third kappa shape index (κ3) is 3.08. The third-order valence-corrected chi connectivity index (χ3v) is 4.42. The standard InChI is InChI=1S/C21H16N6/c1-2-4-17-16(3-1)25-20(26-17)15-7-5-14(6-8-15)13-24-19-10-9-18-21(27-19)23-12-11-22-18/h1-12H,13H2,(H,25,26)(H,23,24,27). The fourth-order valence-corrected chi connectivity index (χ4v) is 3.02. The summed E-state index contributed by atoms with van der Waals surface area (Å²) in [7, 11) is 0. The van der Waals surface area contributed by atoms with Gasteiger partial charge in [0.05, 0.1) is 11.0 Å². The Kier molecular flexibility index (Phi) is 3.72. The zero-order valence-corrected chi connectivity index (χ0v) is 14.4. The summed E-state index contributed by atoms with van der Waals surface area (Å²) in [6.45, 7) is 0.680. The molecule has 3 aromatic heterocycles. The van der Waals surface area contributed by atoms with Gasteiger partial charge in [0.2, 0.25) is 0 Å². The van der Waals surface area contributed by atoms with E-state index < -0.39 is 0 Å². The van der Waals surface area contributed by atoms with Crippen molar-refractivity contribution in [3.63, 3.8) is 0 Å². The molecule has 2 aromatic carbocycles. The summed E-state index contributed by atoms with van der Waals surface area (Å²) < 4.78 is 0. The van der Waals surface area contributed by atoms with Gasteiger partial charge in [-0.05, 0) is 29.8 Å². The molecule has 6 heteroatoms. The summed E-state index contributed by atoms with van der Waals surface area (Å²) in [4.78, 5) is 20.9. The van der Waals surface area contributed by atoms with Gasteiger partial charge in [0.25, 0.3) is 0 Å². The first-order chi connectivity index (χ1) is 13.3. The molecule has 0 radical (unpaired) electrons. The Bertz CT molecular complexity index is 1190. The Morgan fingerprint density at radius 2 is 1.63 bits per heavy atom. The van der Waals surface area contributed by atoms with Gasteiger partial charge in [-0.3, -0.25) is 4.98 Å². The lowest BCUT2D eigenvalue weighted by molar-refractivity contribution is 1.11. The summed E-state index contributed by atoms with van der Waals surface area (Å²) in [6.07, 6.45) is 3.32. The van der Waals surface area contributed by atoms with Crippen LogP contribution in [0.15, 0.2) is 73.1 Å². The van der Waals surface area contributed by atoms with Gasteiger partial charge in [0, 0.05) is 24.5 Å². The minimum Gasteiger partial charge on any atom is -0.366 e. The maximum Gasteiger partial charge on any atom is 0.180 e. The van der Waals surface area contributed by atoms with Crippen LogP contribution in [-0.2, 0) is 6.54 Å². The van der Waals surface area contributed by atoms with E-state index >= 15 is 0 Å². The van der Waals surface area contributed by atoms with Crippen molar-refractivity contribution in [2.45, 2.75) is 6.54 Å². The summed E-state index contributed by atoms with van der Waals surface area (Å²) in [6, 6.07) is 20.2. The molecular formula is C21H16N6. The highest BCUT2D eigenvalue weighted by atomic mass is 15.0. The van der Waals surface area contributed by atoms with Crippen LogP contribution in [0.2, 0.25) is 0 Å². The van der Waals surface area contributed by atoms with Crippen molar-refractivity contribution in [3.8, 4) is 11.4 Å². The number of anilines is 1. The molecule has 5 aromatic rings. The summed E-state index contributed by atoms with van der Waals surface area (Å²) in [5.74, 6) is 1.66. The summed E-state index contributed by atoms with van der Waals surface area (Å²) >= 11 is 0. The number of hydrogen-bond donors (Lipinski definition) is 2. The van der Waals surface area contributed by atoms with Crippen LogP contribution in [0.1, 0.15) is 5.56 Å². The van der Waals surface area contributed by atoms with Crippen molar-refractivity contribution >= 4 is 28.0 Å². The van der Waals surface area contributed by atoms with Gasteiger partial charge in [0.1, 0.15) is 17.2 Å². The number of nitrogens with one attached hydrogen (secondary N) is 2. The van der Waals surface area contributed by atoms with Gasteiger partial charge in [0.15, 0.2) is 5.65 Å². The predicted octanol–water partition coefficient (Wildman–Crippen LogP) is 4.18. The second kappa shape index (κ2) is 6.49. The number of rotatable bonds is 4. The SMILES string of the molecule is c1ccc2[nH]c(-c3ccc(CNc4ccc5nccnc5n4)cc3)nc2c1. The van der Waals surface area contributed by atoms with E-state index in [1.807, 2.05) is 36.4 Å². The number of hydrogen-bond acceptors (Lipinski definition) is 5. The van der Waals surface area contributed by atoms with Crippen LogP contribution in [0.4, 0.5) is 5.82 Å². The molecule has 0 unspecified atom stereocenters. The Balaban J connectivity index is 1.32. The number of nitrogens with zero attached hydrogens (tertiary/aromatic N) is 4. The Labute approximate surface area is 155 Å². The lowest BCUT2D eigenvalue weighted by Crippen LogP contribution is -2.02. The molecule has 0 fully saturated rings. The minimum absolute atomic E-state index is 0.641. The van der Waals surface area contributed by atoms with E-state index in [1.165, 1.54) is 0 Å². The van der Waals surface area contributed by atoms with E-state index in [2.05, 4.69) is 54.5 Å². The Morgan fingerprint density at radius 1 is 0.778 bits per heavy atom. The number of benzene rings is 2. The van der Waals surface area contributed by atoms with Crippen LogP contribution in [0.3, 0.4) is 0 Å². The molecule has 0 saturated heterocycles. The number of pyridine rings is 1. The molecule has 0 saturated carbocycles. The molecule has 130 valence electrons.